The third-order valence-electron chi connectivity index (χ3n) is 6.07. The molecule has 1 aliphatic carbocycles. The number of benzene rings is 1. The van der Waals surface area contributed by atoms with Crippen molar-refractivity contribution in [2.45, 2.75) is 51.0 Å². The van der Waals surface area contributed by atoms with Crippen LogP contribution in [-0.4, -0.2) is 24.1 Å². The molecule has 5 rings (SSSR count). The molecule has 1 unspecified atom stereocenters. The number of hydrogen-bond donors (Lipinski definition) is 1. The van der Waals surface area contributed by atoms with Gasteiger partial charge < -0.3 is 10.2 Å². The maximum absolute atomic E-state index is 14.3. The van der Waals surface area contributed by atoms with Crippen LogP contribution in [0.25, 0.3) is 16.1 Å². The Morgan fingerprint density at radius 2 is 1.93 bits per heavy atom. The van der Waals surface area contributed by atoms with Gasteiger partial charge >= 0.3 is 0 Å². The Hall–Kier alpha value is -2.14. The molecule has 0 radical (unpaired) electrons. The van der Waals surface area contributed by atoms with Crippen LogP contribution < -0.4 is 10.2 Å². The summed E-state index contributed by atoms with van der Waals surface area (Å²) < 4.78 is 14.3. The average molecular weight is 396 g/mol. The van der Waals surface area contributed by atoms with Crippen molar-refractivity contribution >= 4 is 22.7 Å². The molecule has 0 bridgehead atoms. The van der Waals surface area contributed by atoms with Crippen LogP contribution in [0, 0.1) is 5.82 Å². The van der Waals surface area contributed by atoms with E-state index in [4.69, 9.17) is 0 Å². The molecule has 2 aliphatic heterocycles. The van der Waals surface area contributed by atoms with Crippen LogP contribution in [0.3, 0.4) is 0 Å². The molecule has 2 fully saturated rings. The zero-order chi connectivity index (χ0) is 18.9. The number of dihydropyridines is 1. The smallest absolute Gasteiger partial charge is 0.139 e. The Morgan fingerprint density at radius 3 is 2.82 bits per heavy atom. The first-order chi connectivity index (χ1) is 13.8. The number of aromatic nitrogens is 1. The monoisotopic (exact) mass is 395 g/mol. The molecular weight excluding hydrogens is 369 g/mol. The Balaban J connectivity index is 1.41. The SMILES string of the molecule is Fc1cc(-c2cnc(C3=CC=C4CCCCC4N3)s2)cc(N2CCCCC2)c1. The van der Waals surface area contributed by atoms with Crippen LogP contribution in [0.15, 0.2) is 42.1 Å². The Morgan fingerprint density at radius 1 is 1.04 bits per heavy atom. The average Bonchev–Trinajstić information content (AvgIpc) is 3.24. The lowest BCUT2D eigenvalue weighted by Crippen LogP contribution is -2.33. The van der Waals surface area contributed by atoms with Crippen LogP contribution in [0.1, 0.15) is 50.0 Å². The molecular formula is C23H26FN3S. The van der Waals surface area contributed by atoms with Gasteiger partial charge in [0.05, 0.1) is 10.6 Å². The van der Waals surface area contributed by atoms with E-state index in [9.17, 15) is 4.39 Å². The minimum atomic E-state index is -0.169. The topological polar surface area (TPSA) is 28.2 Å². The lowest BCUT2D eigenvalue weighted by molar-refractivity contribution is 0.496. The summed E-state index contributed by atoms with van der Waals surface area (Å²) in [5, 5.41) is 4.66. The van der Waals surface area contributed by atoms with Gasteiger partial charge in [0.2, 0.25) is 0 Å². The lowest BCUT2D eigenvalue weighted by Gasteiger charge is -2.30. The summed E-state index contributed by atoms with van der Waals surface area (Å²) in [5.41, 5.74) is 4.53. The van der Waals surface area contributed by atoms with Crippen LogP contribution in [-0.2, 0) is 0 Å². The van der Waals surface area contributed by atoms with E-state index < -0.39 is 0 Å². The van der Waals surface area contributed by atoms with Gasteiger partial charge in [0.1, 0.15) is 10.8 Å². The van der Waals surface area contributed by atoms with Gasteiger partial charge in [0.25, 0.3) is 0 Å². The summed E-state index contributed by atoms with van der Waals surface area (Å²) in [6.45, 7) is 2.04. The number of rotatable bonds is 3. The zero-order valence-corrected chi connectivity index (χ0v) is 16.9. The van der Waals surface area contributed by atoms with Crippen molar-refractivity contribution in [2.24, 2.45) is 0 Å². The second-order valence-corrected chi connectivity index (χ2v) is 9.07. The van der Waals surface area contributed by atoms with Gasteiger partial charge in [0, 0.05) is 31.0 Å². The van der Waals surface area contributed by atoms with E-state index in [1.54, 1.807) is 23.5 Å². The molecule has 0 spiro atoms. The second kappa shape index (κ2) is 7.70. The largest absolute Gasteiger partial charge is 0.376 e. The first-order valence-corrected chi connectivity index (χ1v) is 11.3. The fourth-order valence-corrected chi connectivity index (χ4v) is 5.44. The molecule has 5 heteroatoms. The van der Waals surface area contributed by atoms with Crippen molar-refractivity contribution in [1.29, 1.82) is 0 Å². The van der Waals surface area contributed by atoms with E-state index in [0.717, 1.165) is 39.9 Å². The van der Waals surface area contributed by atoms with Gasteiger partial charge in [0.15, 0.2) is 0 Å². The van der Waals surface area contributed by atoms with Crippen molar-refractivity contribution in [3.05, 3.63) is 52.9 Å². The molecule has 2 aromatic rings. The quantitative estimate of drug-likeness (QED) is 0.717. The first kappa shape index (κ1) is 17.9. The van der Waals surface area contributed by atoms with Gasteiger partial charge in [-0.3, -0.25) is 0 Å². The van der Waals surface area contributed by atoms with Gasteiger partial charge in [-0.05, 0) is 73.9 Å². The highest BCUT2D eigenvalue weighted by Crippen LogP contribution is 2.35. The van der Waals surface area contributed by atoms with Crippen molar-refractivity contribution in [1.82, 2.24) is 10.3 Å². The van der Waals surface area contributed by atoms with Crippen molar-refractivity contribution < 1.29 is 4.39 Å². The normalized spacial score (nSPS) is 22.2. The maximum Gasteiger partial charge on any atom is 0.139 e. The van der Waals surface area contributed by atoms with Crippen LogP contribution in [0.2, 0.25) is 0 Å². The number of piperidine rings is 1. The van der Waals surface area contributed by atoms with E-state index >= 15 is 0 Å². The summed E-state index contributed by atoms with van der Waals surface area (Å²) in [5.74, 6) is -0.169. The zero-order valence-electron chi connectivity index (χ0n) is 16.1. The number of nitrogens with zero attached hydrogens (tertiary/aromatic N) is 2. The van der Waals surface area contributed by atoms with Crippen molar-refractivity contribution in [3.63, 3.8) is 0 Å². The highest BCUT2D eigenvalue weighted by Gasteiger charge is 2.23. The number of fused-ring (bicyclic) bond motifs is 1. The summed E-state index contributed by atoms with van der Waals surface area (Å²) in [7, 11) is 0. The molecule has 3 aliphatic rings. The van der Waals surface area contributed by atoms with Crippen LogP contribution in [0.4, 0.5) is 10.1 Å². The minimum absolute atomic E-state index is 0.169. The van der Waals surface area contributed by atoms with E-state index in [0.29, 0.717) is 6.04 Å². The molecule has 1 aromatic heterocycles. The predicted octanol–water partition coefficient (Wildman–Crippen LogP) is 5.75. The Labute approximate surface area is 170 Å². The Kier molecular flexibility index (Phi) is 4.93. The van der Waals surface area contributed by atoms with Gasteiger partial charge in [-0.25, -0.2) is 9.37 Å². The molecule has 0 amide bonds. The number of hydrogen-bond acceptors (Lipinski definition) is 4. The third-order valence-corrected chi connectivity index (χ3v) is 7.15. The summed E-state index contributed by atoms with van der Waals surface area (Å²) in [6.07, 6.45) is 14.9. The molecule has 1 saturated carbocycles. The van der Waals surface area contributed by atoms with E-state index in [1.165, 1.54) is 50.5 Å². The predicted molar refractivity (Wildman–Crippen MR) is 115 cm³/mol. The maximum atomic E-state index is 14.3. The number of nitrogens with one attached hydrogen (secondary N) is 1. The molecule has 1 saturated heterocycles. The molecule has 1 aromatic carbocycles. The summed E-state index contributed by atoms with van der Waals surface area (Å²) in [6, 6.07) is 5.87. The van der Waals surface area contributed by atoms with E-state index in [2.05, 4.69) is 33.4 Å². The second-order valence-electron chi connectivity index (χ2n) is 8.04. The molecule has 1 atom stereocenters. The number of allylic oxidation sites excluding steroid dienone is 2. The lowest BCUT2D eigenvalue weighted by atomic mass is 9.88. The first-order valence-electron chi connectivity index (χ1n) is 10.5. The molecule has 1 N–H and O–H groups in total. The summed E-state index contributed by atoms with van der Waals surface area (Å²) in [4.78, 5) is 7.97. The number of thiazole rings is 1. The minimum Gasteiger partial charge on any atom is -0.376 e. The standard InChI is InChI=1S/C23H26FN3S/c24-18-12-17(13-19(14-18)27-10-4-1-5-11-27)22-15-25-23(28-22)21-9-8-16-6-2-3-7-20(16)26-21/h8-9,12-15,20,26H,1-7,10-11H2. The van der Waals surface area contributed by atoms with Crippen molar-refractivity contribution in [3.8, 4) is 10.4 Å². The highest BCUT2D eigenvalue weighted by molar-refractivity contribution is 7.16. The van der Waals surface area contributed by atoms with Crippen LogP contribution >= 0.6 is 11.3 Å². The molecule has 3 heterocycles. The molecule has 3 nitrogen and oxygen atoms in total. The van der Waals surface area contributed by atoms with Crippen molar-refractivity contribution in [2.75, 3.05) is 18.0 Å². The van der Waals surface area contributed by atoms with E-state index in [-0.39, 0.29) is 5.82 Å². The van der Waals surface area contributed by atoms with Crippen LogP contribution in [0.5, 0.6) is 0 Å². The third kappa shape index (κ3) is 3.60. The fourth-order valence-electron chi connectivity index (χ4n) is 4.54. The van der Waals surface area contributed by atoms with Gasteiger partial charge in [-0.1, -0.05) is 12.5 Å². The number of halogens is 1. The highest BCUT2D eigenvalue weighted by atomic mass is 32.1. The molecule has 146 valence electrons. The summed E-state index contributed by atoms with van der Waals surface area (Å²) >= 11 is 1.64. The molecule has 28 heavy (non-hydrogen) atoms. The number of anilines is 1. The Bertz CT molecular complexity index is 924. The van der Waals surface area contributed by atoms with E-state index in [1.807, 2.05) is 6.20 Å². The van der Waals surface area contributed by atoms with Gasteiger partial charge in [-0.15, -0.1) is 11.3 Å². The fraction of sp³-hybridized carbons (Fsp3) is 0.435. The van der Waals surface area contributed by atoms with Gasteiger partial charge in [-0.2, -0.15) is 0 Å².